The molecule has 3 unspecified atom stereocenters. The number of carbonyl (C=O) groups excluding carboxylic acids is 4. The summed E-state index contributed by atoms with van der Waals surface area (Å²) in [5.41, 5.74) is 26.6. The molecule has 0 bridgehead atoms. The van der Waals surface area contributed by atoms with Crippen LogP contribution in [0.3, 0.4) is 0 Å². The Kier molecular flexibility index (Phi) is 15.3. The highest BCUT2D eigenvalue weighted by Crippen LogP contribution is 2.03. The molecule has 15 nitrogen and oxygen atoms in total. The first-order valence-electron chi connectivity index (χ1n) is 10.9. The van der Waals surface area contributed by atoms with E-state index in [1.165, 1.54) is 0 Å². The molecule has 0 rings (SSSR count). The Bertz CT molecular complexity index is 727. The minimum Gasteiger partial charge on any atom is -0.480 e. The summed E-state index contributed by atoms with van der Waals surface area (Å²) < 4.78 is 0. The highest BCUT2D eigenvalue weighted by Gasteiger charge is 2.25. The van der Waals surface area contributed by atoms with Crippen LogP contribution in [-0.4, -0.2) is 78.4 Å². The number of rotatable bonds is 18. The number of aliphatic carboxylic acids is 1. The molecule has 0 spiro atoms. The zero-order chi connectivity index (χ0) is 26.1. The molecular formula is C19H37N9O6. The van der Waals surface area contributed by atoms with Gasteiger partial charge in [0.2, 0.25) is 23.6 Å². The molecule has 0 radical (unpaired) electrons. The summed E-state index contributed by atoms with van der Waals surface area (Å²) in [6.45, 7) is 0.0839. The molecule has 3 atom stereocenters. The van der Waals surface area contributed by atoms with Crippen LogP contribution in [-0.2, 0) is 24.0 Å². The van der Waals surface area contributed by atoms with Crippen molar-refractivity contribution in [1.29, 1.82) is 0 Å². The van der Waals surface area contributed by atoms with Gasteiger partial charge < -0.3 is 49.7 Å². The summed E-state index contributed by atoms with van der Waals surface area (Å²) >= 11 is 0. The largest absolute Gasteiger partial charge is 0.480 e. The number of nitrogens with one attached hydrogen (secondary N) is 3. The number of hydrogen-bond donors (Lipinski definition) is 9. The van der Waals surface area contributed by atoms with Crippen molar-refractivity contribution in [3.05, 3.63) is 0 Å². The van der Waals surface area contributed by atoms with Crippen LogP contribution in [0, 0.1) is 0 Å². The smallest absolute Gasteiger partial charge is 0.326 e. The Morgan fingerprint density at radius 2 is 1.50 bits per heavy atom. The van der Waals surface area contributed by atoms with Crippen LogP contribution in [0.15, 0.2) is 4.99 Å². The standard InChI is InChI=1S/C19H37N9O6/c20-8-2-1-4-12(28-16(31)11(21)6-7-14(22)29)17(32)26-10-15(30)27-13(18(33)34)5-3-9-25-19(23)24/h11-13H,1-10,20-21H2,(H2,22,29)(H,26,32)(H,27,30)(H,28,31)(H,33,34)(H4,23,24,25). The lowest BCUT2D eigenvalue weighted by Gasteiger charge is -2.21. The molecule has 4 amide bonds. The molecule has 0 aliphatic rings. The molecule has 0 aliphatic heterocycles. The second-order valence-electron chi connectivity index (χ2n) is 7.58. The number of carboxylic acid groups (broad SMARTS) is 1. The van der Waals surface area contributed by atoms with Crippen LogP contribution < -0.4 is 44.6 Å². The highest BCUT2D eigenvalue weighted by molar-refractivity contribution is 5.92. The fourth-order valence-corrected chi connectivity index (χ4v) is 2.77. The van der Waals surface area contributed by atoms with Crippen molar-refractivity contribution in [2.24, 2.45) is 33.7 Å². The van der Waals surface area contributed by atoms with Crippen LogP contribution in [0.5, 0.6) is 0 Å². The average molecular weight is 488 g/mol. The molecule has 15 heteroatoms. The zero-order valence-corrected chi connectivity index (χ0v) is 19.1. The van der Waals surface area contributed by atoms with Crippen molar-refractivity contribution < 1.29 is 29.1 Å². The third-order valence-electron chi connectivity index (χ3n) is 4.62. The molecule has 0 aliphatic carbocycles. The maximum absolute atomic E-state index is 12.6. The third-order valence-corrected chi connectivity index (χ3v) is 4.62. The number of guanidine groups is 1. The third kappa shape index (κ3) is 14.6. The number of nitrogens with zero attached hydrogens (tertiary/aromatic N) is 1. The van der Waals surface area contributed by atoms with Crippen LogP contribution in [0.4, 0.5) is 0 Å². The average Bonchev–Trinajstić information content (AvgIpc) is 2.76. The SMILES string of the molecule is NCCCCC(NC(=O)C(N)CCC(N)=O)C(=O)NCC(=O)NC(CCCN=C(N)N)C(=O)O. The Hall–Kier alpha value is -3.46. The van der Waals surface area contributed by atoms with Crippen molar-refractivity contribution >= 4 is 35.6 Å². The predicted octanol–water partition coefficient (Wildman–Crippen LogP) is -4.07. The fraction of sp³-hybridized carbons (Fsp3) is 0.684. The first-order valence-corrected chi connectivity index (χ1v) is 10.9. The number of hydrogen-bond acceptors (Lipinski definition) is 8. The first kappa shape index (κ1) is 30.5. The van der Waals surface area contributed by atoms with E-state index in [1.54, 1.807) is 0 Å². The Balaban J connectivity index is 4.83. The number of aliphatic imine (C=N–C) groups is 1. The molecule has 194 valence electrons. The monoisotopic (exact) mass is 487 g/mol. The predicted molar refractivity (Wildman–Crippen MR) is 124 cm³/mol. The summed E-state index contributed by atoms with van der Waals surface area (Å²) in [7, 11) is 0. The number of carboxylic acids is 1. The molecule has 34 heavy (non-hydrogen) atoms. The molecular weight excluding hydrogens is 450 g/mol. The van der Waals surface area contributed by atoms with Gasteiger partial charge in [-0.1, -0.05) is 0 Å². The van der Waals surface area contributed by atoms with Gasteiger partial charge in [-0.05, 0) is 45.1 Å². The minimum atomic E-state index is -1.25. The van der Waals surface area contributed by atoms with Crippen LogP contribution in [0.25, 0.3) is 0 Å². The van der Waals surface area contributed by atoms with E-state index in [0.29, 0.717) is 25.8 Å². The highest BCUT2D eigenvalue weighted by atomic mass is 16.4. The summed E-state index contributed by atoms with van der Waals surface area (Å²) in [5.74, 6) is -4.01. The lowest BCUT2D eigenvalue weighted by molar-refractivity contribution is -0.142. The molecule has 0 aromatic heterocycles. The lowest BCUT2D eigenvalue weighted by atomic mass is 10.1. The van der Waals surface area contributed by atoms with Gasteiger partial charge in [0.15, 0.2) is 5.96 Å². The maximum atomic E-state index is 12.6. The van der Waals surface area contributed by atoms with Gasteiger partial charge in [0.05, 0.1) is 12.6 Å². The molecule has 0 aromatic rings. The number of amides is 4. The van der Waals surface area contributed by atoms with Crippen molar-refractivity contribution in [1.82, 2.24) is 16.0 Å². The fourth-order valence-electron chi connectivity index (χ4n) is 2.77. The van der Waals surface area contributed by atoms with Crippen LogP contribution >= 0.6 is 0 Å². The lowest BCUT2D eigenvalue weighted by Crippen LogP contribution is -2.53. The number of primary amides is 1. The van der Waals surface area contributed by atoms with E-state index in [-0.39, 0.29) is 38.2 Å². The first-order chi connectivity index (χ1) is 16.0. The summed E-state index contributed by atoms with van der Waals surface area (Å²) in [6.07, 6.45) is 1.68. The molecule has 0 aromatic carbocycles. The second-order valence-corrected chi connectivity index (χ2v) is 7.58. The molecule has 0 heterocycles. The van der Waals surface area contributed by atoms with Gasteiger partial charge in [-0.15, -0.1) is 0 Å². The van der Waals surface area contributed by atoms with E-state index in [0.717, 1.165) is 0 Å². The Labute approximate surface area is 197 Å². The van der Waals surface area contributed by atoms with Crippen molar-refractivity contribution in [2.75, 3.05) is 19.6 Å². The number of nitrogens with two attached hydrogens (primary N) is 5. The van der Waals surface area contributed by atoms with Gasteiger partial charge in [0.25, 0.3) is 0 Å². The van der Waals surface area contributed by atoms with Crippen LogP contribution in [0.2, 0.25) is 0 Å². The van der Waals surface area contributed by atoms with E-state index in [4.69, 9.17) is 28.7 Å². The van der Waals surface area contributed by atoms with Crippen LogP contribution in [0.1, 0.15) is 44.9 Å². The Morgan fingerprint density at radius 3 is 2.06 bits per heavy atom. The van der Waals surface area contributed by atoms with Gasteiger partial charge >= 0.3 is 5.97 Å². The minimum absolute atomic E-state index is 0.0144. The molecule has 14 N–H and O–H groups in total. The van der Waals surface area contributed by atoms with E-state index in [1.807, 2.05) is 0 Å². The normalized spacial score (nSPS) is 13.1. The van der Waals surface area contributed by atoms with E-state index >= 15 is 0 Å². The number of unbranched alkanes of at least 4 members (excludes halogenated alkanes) is 1. The quantitative estimate of drug-likeness (QED) is 0.0511. The molecule has 0 saturated heterocycles. The summed E-state index contributed by atoms with van der Waals surface area (Å²) in [4.78, 5) is 62.9. The summed E-state index contributed by atoms with van der Waals surface area (Å²) in [6, 6.07) is -3.24. The Morgan fingerprint density at radius 1 is 0.853 bits per heavy atom. The second kappa shape index (κ2) is 17.1. The zero-order valence-electron chi connectivity index (χ0n) is 19.1. The summed E-state index contributed by atoms with van der Waals surface area (Å²) in [5, 5.41) is 16.4. The topological polar surface area (TPSA) is 284 Å². The van der Waals surface area contributed by atoms with Gasteiger partial charge in [-0.25, -0.2) is 4.79 Å². The van der Waals surface area contributed by atoms with E-state index < -0.39 is 54.3 Å². The van der Waals surface area contributed by atoms with Gasteiger partial charge in [0.1, 0.15) is 12.1 Å². The van der Waals surface area contributed by atoms with Crippen molar-refractivity contribution in [3.63, 3.8) is 0 Å². The van der Waals surface area contributed by atoms with Gasteiger partial charge in [-0.3, -0.25) is 24.2 Å². The van der Waals surface area contributed by atoms with Gasteiger partial charge in [-0.2, -0.15) is 0 Å². The van der Waals surface area contributed by atoms with Crippen molar-refractivity contribution in [3.8, 4) is 0 Å². The maximum Gasteiger partial charge on any atom is 0.326 e. The van der Waals surface area contributed by atoms with E-state index in [2.05, 4.69) is 20.9 Å². The van der Waals surface area contributed by atoms with E-state index in [9.17, 15) is 29.1 Å². The molecule has 0 fully saturated rings. The number of carbonyl (C=O) groups is 5. The van der Waals surface area contributed by atoms with Crippen molar-refractivity contribution in [2.45, 2.75) is 63.1 Å². The van der Waals surface area contributed by atoms with Gasteiger partial charge in [0, 0.05) is 13.0 Å². The molecule has 0 saturated carbocycles.